The summed E-state index contributed by atoms with van der Waals surface area (Å²) >= 11 is 0. The van der Waals surface area contributed by atoms with Crippen LogP contribution in [0.3, 0.4) is 0 Å². The number of hydrogen-bond acceptors (Lipinski definition) is 9. The number of aliphatic hydroxyl groups excluding tert-OH is 1. The van der Waals surface area contributed by atoms with Crippen LogP contribution in [0.1, 0.15) is 49.7 Å². The molecule has 0 amide bonds. The van der Waals surface area contributed by atoms with E-state index < -0.39 is 6.10 Å². The molecule has 0 radical (unpaired) electrons. The molecule has 40 heavy (non-hydrogen) atoms. The number of hydrogen-bond donors (Lipinski definition) is 4. The lowest BCUT2D eigenvalue weighted by Gasteiger charge is -2.39. The van der Waals surface area contributed by atoms with Crippen LogP contribution in [0.4, 0.5) is 5.69 Å². The minimum atomic E-state index is -0.485. The largest absolute Gasteiger partial charge is 0.506 e. The predicted molar refractivity (Wildman–Crippen MR) is 156 cm³/mol. The summed E-state index contributed by atoms with van der Waals surface area (Å²) in [5, 5.41) is 27.3. The van der Waals surface area contributed by atoms with Crippen molar-refractivity contribution in [2.75, 3.05) is 65.6 Å². The first-order valence-electron chi connectivity index (χ1n) is 14.4. The van der Waals surface area contributed by atoms with Gasteiger partial charge in [-0.1, -0.05) is 31.5 Å². The molecule has 9 heteroatoms. The first-order chi connectivity index (χ1) is 19.5. The second-order valence-electron chi connectivity index (χ2n) is 10.2. The molecule has 1 aliphatic heterocycles. The zero-order valence-corrected chi connectivity index (χ0v) is 24.3. The van der Waals surface area contributed by atoms with Gasteiger partial charge in [-0.3, -0.25) is 0 Å². The molecular formula is C31H48N2O7. The van der Waals surface area contributed by atoms with E-state index in [0.717, 1.165) is 36.1 Å². The third-order valence-electron chi connectivity index (χ3n) is 7.01. The maximum atomic E-state index is 10.3. The Balaban J connectivity index is 1.70. The average molecular weight is 561 g/mol. The number of aliphatic hydroxyl groups is 1. The highest BCUT2D eigenvalue weighted by Gasteiger charge is 2.36. The summed E-state index contributed by atoms with van der Waals surface area (Å²) in [6, 6.07) is 13.7. The topological polar surface area (TPSA) is 111 Å². The van der Waals surface area contributed by atoms with E-state index in [-0.39, 0.29) is 23.9 Å². The van der Waals surface area contributed by atoms with Gasteiger partial charge in [0.25, 0.3) is 0 Å². The van der Waals surface area contributed by atoms with Gasteiger partial charge < -0.3 is 44.5 Å². The van der Waals surface area contributed by atoms with E-state index >= 15 is 0 Å². The Morgan fingerprint density at radius 1 is 0.950 bits per heavy atom. The van der Waals surface area contributed by atoms with Crippen molar-refractivity contribution in [1.82, 2.24) is 5.32 Å². The molecule has 0 bridgehead atoms. The van der Waals surface area contributed by atoms with E-state index in [4.69, 9.17) is 23.7 Å². The minimum Gasteiger partial charge on any atom is -0.506 e. The van der Waals surface area contributed by atoms with Crippen molar-refractivity contribution in [3.05, 3.63) is 53.6 Å². The van der Waals surface area contributed by atoms with Crippen molar-refractivity contribution in [1.29, 1.82) is 0 Å². The minimum absolute atomic E-state index is 0.0265. The van der Waals surface area contributed by atoms with Crippen LogP contribution >= 0.6 is 0 Å². The lowest BCUT2D eigenvalue weighted by atomic mass is 9.85. The summed E-state index contributed by atoms with van der Waals surface area (Å²) in [5.74, 6) is 1.00. The molecule has 1 aliphatic rings. The molecule has 0 aliphatic carbocycles. The smallest absolute Gasteiger partial charge is 0.138 e. The van der Waals surface area contributed by atoms with E-state index in [2.05, 4.69) is 29.7 Å². The maximum Gasteiger partial charge on any atom is 0.138 e. The van der Waals surface area contributed by atoms with Crippen LogP contribution in [0, 0.1) is 0 Å². The third kappa shape index (κ3) is 10.5. The van der Waals surface area contributed by atoms with Crippen molar-refractivity contribution in [3.8, 4) is 11.5 Å². The SMILES string of the molecule is CCC[C@@H](O)CO[C@@H]1CNC[C@H](OCc2ccc(O)c(NCCCOC)c2)C1c1ccc(OCCCOC)cc1. The highest BCUT2D eigenvalue weighted by molar-refractivity contribution is 5.57. The lowest BCUT2D eigenvalue weighted by molar-refractivity contribution is -0.0783. The fourth-order valence-electron chi connectivity index (χ4n) is 4.90. The molecule has 3 rings (SSSR count). The van der Waals surface area contributed by atoms with Crippen molar-refractivity contribution < 1.29 is 33.9 Å². The molecule has 4 N–H and O–H groups in total. The first-order valence-corrected chi connectivity index (χ1v) is 14.4. The Bertz CT molecular complexity index is 959. The van der Waals surface area contributed by atoms with Gasteiger partial charge in [0.15, 0.2) is 0 Å². The third-order valence-corrected chi connectivity index (χ3v) is 7.01. The number of rotatable bonds is 19. The number of piperidine rings is 1. The molecule has 9 nitrogen and oxygen atoms in total. The molecule has 224 valence electrons. The molecule has 1 heterocycles. The second-order valence-corrected chi connectivity index (χ2v) is 10.2. The Kier molecular flexibility index (Phi) is 14.5. The highest BCUT2D eigenvalue weighted by atomic mass is 16.5. The molecule has 0 aromatic heterocycles. The van der Waals surface area contributed by atoms with Crippen LogP contribution in [-0.2, 0) is 25.6 Å². The highest BCUT2D eigenvalue weighted by Crippen LogP contribution is 2.33. The van der Waals surface area contributed by atoms with Gasteiger partial charge in [0.2, 0.25) is 0 Å². The molecule has 4 atom stereocenters. The van der Waals surface area contributed by atoms with Crippen molar-refractivity contribution >= 4 is 5.69 Å². The molecule has 1 saturated heterocycles. The van der Waals surface area contributed by atoms with Crippen molar-refractivity contribution in [3.63, 3.8) is 0 Å². The summed E-state index contributed by atoms with van der Waals surface area (Å²) in [5.41, 5.74) is 2.76. The summed E-state index contributed by atoms with van der Waals surface area (Å²) in [6.07, 6.45) is 2.50. The summed E-state index contributed by atoms with van der Waals surface area (Å²) < 4.78 is 28.8. The monoisotopic (exact) mass is 560 g/mol. The van der Waals surface area contributed by atoms with Crippen LogP contribution in [0.2, 0.25) is 0 Å². The van der Waals surface area contributed by atoms with Crippen LogP contribution in [0.15, 0.2) is 42.5 Å². The van der Waals surface area contributed by atoms with E-state index in [9.17, 15) is 10.2 Å². The number of nitrogens with one attached hydrogen (secondary N) is 2. The van der Waals surface area contributed by atoms with Gasteiger partial charge in [0, 0.05) is 59.4 Å². The van der Waals surface area contributed by atoms with Gasteiger partial charge in [0.05, 0.1) is 43.8 Å². The van der Waals surface area contributed by atoms with Crippen LogP contribution < -0.4 is 15.4 Å². The molecular weight excluding hydrogens is 512 g/mol. The normalized spacial score (nSPS) is 19.9. The van der Waals surface area contributed by atoms with Gasteiger partial charge in [-0.15, -0.1) is 0 Å². The molecule has 0 saturated carbocycles. The summed E-state index contributed by atoms with van der Waals surface area (Å²) in [6.45, 7) is 6.72. The number of aromatic hydroxyl groups is 1. The van der Waals surface area contributed by atoms with E-state index in [1.165, 1.54) is 0 Å². The van der Waals surface area contributed by atoms with Crippen LogP contribution in [-0.4, -0.2) is 88.8 Å². The molecule has 1 unspecified atom stereocenters. The van der Waals surface area contributed by atoms with Crippen molar-refractivity contribution in [2.45, 2.75) is 63.4 Å². The van der Waals surface area contributed by atoms with E-state index in [1.807, 2.05) is 24.3 Å². The standard InChI is InChI=1S/C31H48N2O7/c1-4-7-25(34)22-40-30-20-32-19-29(31(30)24-9-11-26(12-10-24)38-17-6-16-37-3)39-21-23-8-13-28(35)27(18-23)33-14-5-15-36-2/h8-13,18,25,29-35H,4-7,14-17,19-22H2,1-3H3/t25-,29+,30-,31?/m1/s1. The number of methoxy groups -OCH3 is 2. The zero-order valence-electron chi connectivity index (χ0n) is 24.3. The van der Waals surface area contributed by atoms with Gasteiger partial charge >= 0.3 is 0 Å². The van der Waals surface area contributed by atoms with E-state index in [0.29, 0.717) is 64.8 Å². The number of phenolic OH excluding ortho intramolecular Hbond substituents is 1. The van der Waals surface area contributed by atoms with Gasteiger partial charge in [-0.05, 0) is 48.2 Å². The number of ether oxygens (including phenoxy) is 5. The summed E-state index contributed by atoms with van der Waals surface area (Å²) in [4.78, 5) is 0. The number of benzene rings is 2. The van der Waals surface area contributed by atoms with E-state index in [1.54, 1.807) is 20.3 Å². The fourth-order valence-corrected chi connectivity index (χ4v) is 4.90. The average Bonchev–Trinajstić information content (AvgIpc) is 2.97. The second kappa shape index (κ2) is 18.1. The molecule has 2 aromatic rings. The molecule has 1 fully saturated rings. The Morgan fingerprint density at radius 3 is 2.40 bits per heavy atom. The fraction of sp³-hybridized carbons (Fsp3) is 0.613. The Morgan fingerprint density at radius 2 is 1.68 bits per heavy atom. The van der Waals surface area contributed by atoms with Crippen LogP contribution in [0.5, 0.6) is 11.5 Å². The quantitative estimate of drug-likeness (QED) is 0.149. The number of phenols is 1. The Hall–Kier alpha value is -2.40. The maximum absolute atomic E-state index is 10.3. The Labute approximate surface area is 239 Å². The van der Waals surface area contributed by atoms with Crippen molar-refractivity contribution in [2.24, 2.45) is 0 Å². The van der Waals surface area contributed by atoms with Gasteiger partial charge in [-0.25, -0.2) is 0 Å². The summed E-state index contributed by atoms with van der Waals surface area (Å²) in [7, 11) is 3.37. The molecule has 2 aromatic carbocycles. The predicted octanol–water partition coefficient (Wildman–Crippen LogP) is 4.07. The zero-order chi connectivity index (χ0) is 28.6. The van der Waals surface area contributed by atoms with Crippen LogP contribution in [0.25, 0.3) is 0 Å². The van der Waals surface area contributed by atoms with Gasteiger partial charge in [-0.2, -0.15) is 0 Å². The first kappa shape index (κ1) is 32.1. The lowest BCUT2D eigenvalue weighted by Crippen LogP contribution is -2.51. The number of anilines is 1. The van der Waals surface area contributed by atoms with Gasteiger partial charge in [0.1, 0.15) is 11.5 Å². The molecule has 0 spiro atoms.